The second-order valence-corrected chi connectivity index (χ2v) is 4.24. The summed E-state index contributed by atoms with van der Waals surface area (Å²) in [6, 6.07) is 12.6. The van der Waals surface area contributed by atoms with Gasteiger partial charge in [-0.1, -0.05) is 18.2 Å². The summed E-state index contributed by atoms with van der Waals surface area (Å²) in [5.74, 6) is 0.721. The largest absolute Gasteiger partial charge is 0.496 e. The number of ether oxygens (including phenoxy) is 2. The van der Waals surface area contributed by atoms with Crippen molar-refractivity contribution in [3.63, 3.8) is 0 Å². The van der Waals surface area contributed by atoms with E-state index in [1.807, 2.05) is 31.2 Å². The van der Waals surface area contributed by atoms with Crippen molar-refractivity contribution >= 4 is 5.69 Å². The van der Waals surface area contributed by atoms with Crippen LogP contribution in [0.5, 0.6) is 11.5 Å². The lowest BCUT2D eigenvalue weighted by atomic mass is 10.2. The fourth-order valence-electron chi connectivity index (χ4n) is 1.93. The third-order valence-electron chi connectivity index (χ3n) is 2.91. The molecule has 0 heterocycles. The van der Waals surface area contributed by atoms with Crippen LogP contribution >= 0.6 is 0 Å². The molecule has 0 aliphatic heterocycles. The molecule has 0 spiro atoms. The van der Waals surface area contributed by atoms with Crippen LogP contribution < -0.4 is 14.8 Å². The minimum atomic E-state index is -0.364. The average molecular weight is 275 g/mol. The van der Waals surface area contributed by atoms with Gasteiger partial charge in [0.2, 0.25) is 0 Å². The lowest BCUT2D eigenvalue weighted by Crippen LogP contribution is -2.02. The van der Waals surface area contributed by atoms with Crippen LogP contribution in [0.2, 0.25) is 0 Å². The van der Waals surface area contributed by atoms with Crippen molar-refractivity contribution in [2.45, 2.75) is 13.5 Å². The molecule has 2 rings (SSSR count). The number of methoxy groups -OCH3 is 1. The van der Waals surface area contributed by atoms with Gasteiger partial charge in [0.05, 0.1) is 13.7 Å². The number of halogens is 1. The van der Waals surface area contributed by atoms with Gasteiger partial charge in [0, 0.05) is 23.9 Å². The Hall–Kier alpha value is -2.23. The standard InChI is InChI=1S/C16H18FNO2/c1-3-20-16-9-8-13(10-14(16)17)18-11-12-6-4-5-7-15(12)19-2/h4-10,18H,3,11H2,1-2H3. The van der Waals surface area contributed by atoms with Crippen LogP contribution in [0.15, 0.2) is 42.5 Å². The summed E-state index contributed by atoms with van der Waals surface area (Å²) in [6.07, 6.45) is 0. The summed E-state index contributed by atoms with van der Waals surface area (Å²) in [7, 11) is 1.63. The number of benzene rings is 2. The minimum absolute atomic E-state index is 0.273. The van der Waals surface area contributed by atoms with Crippen LogP contribution in [0.1, 0.15) is 12.5 Å². The monoisotopic (exact) mass is 275 g/mol. The second-order valence-electron chi connectivity index (χ2n) is 4.24. The van der Waals surface area contributed by atoms with Crippen molar-refractivity contribution in [1.29, 1.82) is 0 Å². The molecule has 0 saturated heterocycles. The third kappa shape index (κ3) is 3.41. The van der Waals surface area contributed by atoms with Crippen LogP contribution in [0.4, 0.5) is 10.1 Å². The number of hydrogen-bond acceptors (Lipinski definition) is 3. The molecule has 0 saturated carbocycles. The van der Waals surface area contributed by atoms with Gasteiger partial charge in [-0.2, -0.15) is 0 Å². The molecule has 0 bridgehead atoms. The van der Waals surface area contributed by atoms with Gasteiger partial charge >= 0.3 is 0 Å². The quantitative estimate of drug-likeness (QED) is 0.868. The topological polar surface area (TPSA) is 30.5 Å². The molecular formula is C16H18FNO2. The van der Waals surface area contributed by atoms with Crippen LogP contribution in [-0.4, -0.2) is 13.7 Å². The van der Waals surface area contributed by atoms with Crippen molar-refractivity contribution in [2.24, 2.45) is 0 Å². The van der Waals surface area contributed by atoms with Crippen molar-refractivity contribution in [3.05, 3.63) is 53.8 Å². The molecule has 4 heteroatoms. The van der Waals surface area contributed by atoms with Gasteiger partial charge in [0.25, 0.3) is 0 Å². The summed E-state index contributed by atoms with van der Waals surface area (Å²) >= 11 is 0. The first-order valence-electron chi connectivity index (χ1n) is 6.52. The molecule has 0 aliphatic carbocycles. The Labute approximate surface area is 118 Å². The summed E-state index contributed by atoms with van der Waals surface area (Å²) < 4.78 is 24.2. The molecule has 0 radical (unpaired) electrons. The van der Waals surface area contributed by atoms with Crippen LogP contribution in [-0.2, 0) is 6.54 Å². The predicted octanol–water partition coefficient (Wildman–Crippen LogP) is 3.85. The van der Waals surface area contributed by atoms with Gasteiger partial charge in [-0.05, 0) is 25.1 Å². The molecule has 0 aliphatic rings. The Kier molecular flexibility index (Phi) is 4.82. The Morgan fingerprint density at radius 1 is 1.10 bits per heavy atom. The van der Waals surface area contributed by atoms with E-state index in [0.29, 0.717) is 18.8 Å². The highest BCUT2D eigenvalue weighted by atomic mass is 19.1. The van der Waals surface area contributed by atoms with Crippen LogP contribution in [0, 0.1) is 5.82 Å². The van der Waals surface area contributed by atoms with E-state index in [9.17, 15) is 4.39 Å². The van der Waals surface area contributed by atoms with E-state index in [2.05, 4.69) is 5.32 Å². The van der Waals surface area contributed by atoms with Crippen molar-refractivity contribution in [2.75, 3.05) is 19.0 Å². The highest BCUT2D eigenvalue weighted by molar-refractivity contribution is 5.48. The maximum Gasteiger partial charge on any atom is 0.167 e. The molecule has 0 aromatic heterocycles. The molecule has 1 N–H and O–H groups in total. The van der Waals surface area contributed by atoms with Crippen molar-refractivity contribution in [1.82, 2.24) is 0 Å². The average Bonchev–Trinajstić information content (AvgIpc) is 2.48. The van der Waals surface area contributed by atoms with E-state index >= 15 is 0 Å². The molecule has 3 nitrogen and oxygen atoms in total. The fourth-order valence-corrected chi connectivity index (χ4v) is 1.93. The van der Waals surface area contributed by atoms with E-state index in [-0.39, 0.29) is 11.6 Å². The second kappa shape index (κ2) is 6.80. The van der Waals surface area contributed by atoms with Gasteiger partial charge < -0.3 is 14.8 Å². The van der Waals surface area contributed by atoms with E-state index in [4.69, 9.17) is 9.47 Å². The molecule has 0 amide bonds. The van der Waals surface area contributed by atoms with Gasteiger partial charge in [0.1, 0.15) is 5.75 Å². The van der Waals surface area contributed by atoms with Crippen molar-refractivity contribution in [3.8, 4) is 11.5 Å². The van der Waals surface area contributed by atoms with Crippen molar-refractivity contribution < 1.29 is 13.9 Å². The highest BCUT2D eigenvalue weighted by Crippen LogP contribution is 2.23. The van der Waals surface area contributed by atoms with E-state index in [0.717, 1.165) is 11.3 Å². The summed E-state index contributed by atoms with van der Waals surface area (Å²) in [4.78, 5) is 0. The lowest BCUT2D eigenvalue weighted by Gasteiger charge is -2.11. The van der Waals surface area contributed by atoms with Crippen LogP contribution in [0.25, 0.3) is 0 Å². The first kappa shape index (κ1) is 14.2. The Balaban J connectivity index is 2.05. The first-order valence-corrected chi connectivity index (χ1v) is 6.52. The molecular weight excluding hydrogens is 257 g/mol. The number of hydrogen-bond donors (Lipinski definition) is 1. The normalized spacial score (nSPS) is 10.2. The SMILES string of the molecule is CCOc1ccc(NCc2ccccc2OC)cc1F. The van der Waals surface area contributed by atoms with Gasteiger partial charge in [-0.15, -0.1) is 0 Å². The molecule has 2 aromatic rings. The molecule has 106 valence electrons. The molecule has 0 atom stereocenters. The number of para-hydroxylation sites is 1. The third-order valence-corrected chi connectivity index (χ3v) is 2.91. The maximum atomic E-state index is 13.7. The lowest BCUT2D eigenvalue weighted by molar-refractivity contribution is 0.321. The highest BCUT2D eigenvalue weighted by Gasteiger charge is 2.05. The Bertz CT molecular complexity index is 572. The zero-order chi connectivity index (χ0) is 14.4. The smallest absolute Gasteiger partial charge is 0.167 e. The molecule has 0 fully saturated rings. The molecule has 2 aromatic carbocycles. The van der Waals surface area contributed by atoms with E-state index in [1.165, 1.54) is 6.07 Å². The molecule has 20 heavy (non-hydrogen) atoms. The fraction of sp³-hybridized carbons (Fsp3) is 0.250. The Morgan fingerprint density at radius 3 is 2.60 bits per heavy atom. The predicted molar refractivity (Wildman–Crippen MR) is 77.9 cm³/mol. The van der Waals surface area contributed by atoms with Crippen LogP contribution in [0.3, 0.4) is 0 Å². The summed E-state index contributed by atoms with van der Waals surface area (Å²) in [5, 5.41) is 3.17. The number of nitrogens with one attached hydrogen (secondary N) is 1. The number of anilines is 1. The molecule has 0 unspecified atom stereocenters. The maximum absolute atomic E-state index is 13.7. The first-order chi connectivity index (χ1) is 9.74. The van der Waals surface area contributed by atoms with E-state index < -0.39 is 0 Å². The van der Waals surface area contributed by atoms with Gasteiger partial charge in [-0.3, -0.25) is 0 Å². The zero-order valence-corrected chi connectivity index (χ0v) is 11.7. The Morgan fingerprint density at radius 2 is 1.90 bits per heavy atom. The summed E-state index contributed by atoms with van der Waals surface area (Å²) in [5.41, 5.74) is 1.72. The van der Waals surface area contributed by atoms with Gasteiger partial charge in [-0.25, -0.2) is 4.39 Å². The van der Waals surface area contributed by atoms with E-state index in [1.54, 1.807) is 19.2 Å². The summed E-state index contributed by atoms with van der Waals surface area (Å²) in [6.45, 7) is 2.84. The zero-order valence-electron chi connectivity index (χ0n) is 11.7. The minimum Gasteiger partial charge on any atom is -0.496 e. The number of rotatable bonds is 6. The van der Waals surface area contributed by atoms with Gasteiger partial charge in [0.15, 0.2) is 11.6 Å².